The monoisotopic (exact) mass is 1020 g/mol. The van der Waals surface area contributed by atoms with Crippen LogP contribution in [0.5, 0.6) is 23.0 Å². The van der Waals surface area contributed by atoms with E-state index in [0.29, 0.717) is 155 Å². The number of thioether (sulfide) groups is 4. The van der Waals surface area contributed by atoms with Crippen molar-refractivity contribution in [3.05, 3.63) is 119 Å². The quantitative estimate of drug-likeness (QED) is 0.167. The second kappa shape index (κ2) is 38.9. The van der Waals surface area contributed by atoms with E-state index in [0.717, 1.165) is 46.0 Å². The highest BCUT2D eigenvalue weighted by Crippen LogP contribution is 2.27. The lowest BCUT2D eigenvalue weighted by atomic mass is 10.2. The molecule has 16 heteroatoms. The zero-order valence-electron chi connectivity index (χ0n) is 39.6. The number of fused-ring (bicyclic) bond motifs is 6. The molecular formula is C52H72O12S4. The van der Waals surface area contributed by atoms with Gasteiger partial charge in [0.25, 0.3) is 0 Å². The van der Waals surface area contributed by atoms with Gasteiger partial charge in [0.15, 0.2) is 23.0 Å². The molecular weight excluding hydrogens is 945 g/mol. The summed E-state index contributed by atoms with van der Waals surface area (Å²) in [7, 11) is 0. The molecule has 4 aromatic rings. The average molecular weight is 1020 g/mol. The molecule has 0 aliphatic carbocycles. The number of hydrogen-bond acceptors (Lipinski definition) is 16. The van der Waals surface area contributed by atoms with Crippen molar-refractivity contribution in [1.29, 1.82) is 0 Å². The maximum atomic E-state index is 5.95. The summed E-state index contributed by atoms with van der Waals surface area (Å²) in [4.78, 5) is 0. The van der Waals surface area contributed by atoms with Crippen molar-refractivity contribution in [2.24, 2.45) is 0 Å². The Bertz CT molecular complexity index is 1590. The van der Waals surface area contributed by atoms with Gasteiger partial charge in [-0.3, -0.25) is 0 Å². The molecule has 0 amide bonds. The minimum absolute atomic E-state index is 0.423. The fourth-order valence-corrected chi connectivity index (χ4v) is 9.54. The Hall–Kier alpha value is -2.84. The molecule has 1 aliphatic rings. The Balaban J connectivity index is 0.954. The van der Waals surface area contributed by atoms with Crippen LogP contribution >= 0.6 is 47.0 Å². The van der Waals surface area contributed by atoms with E-state index < -0.39 is 0 Å². The van der Waals surface area contributed by atoms with Crippen molar-refractivity contribution < 1.29 is 56.8 Å². The first-order valence-electron chi connectivity index (χ1n) is 23.6. The molecule has 0 unspecified atom stereocenters. The van der Waals surface area contributed by atoms with Crippen molar-refractivity contribution in [3.8, 4) is 23.0 Å². The van der Waals surface area contributed by atoms with Gasteiger partial charge in [-0.05, 0) is 46.5 Å². The minimum Gasteiger partial charge on any atom is -0.487 e. The van der Waals surface area contributed by atoms with Gasteiger partial charge in [-0.1, -0.05) is 72.8 Å². The predicted octanol–water partition coefficient (Wildman–Crippen LogP) is 9.38. The highest BCUT2D eigenvalue weighted by molar-refractivity contribution is 7.99. The summed E-state index contributed by atoms with van der Waals surface area (Å²) in [6.07, 6.45) is 0. The van der Waals surface area contributed by atoms with E-state index in [1.165, 1.54) is 22.3 Å². The summed E-state index contributed by atoms with van der Waals surface area (Å²) in [5, 5.41) is 0. The van der Waals surface area contributed by atoms with E-state index in [1.807, 2.05) is 95.6 Å². The molecule has 0 atom stereocenters. The molecule has 5 rings (SSSR count). The van der Waals surface area contributed by atoms with Gasteiger partial charge in [0.2, 0.25) is 0 Å². The number of para-hydroxylation sites is 4. The summed E-state index contributed by atoms with van der Waals surface area (Å²) in [5.74, 6) is 10.3. The summed E-state index contributed by atoms with van der Waals surface area (Å²) in [5.41, 5.74) is 5.32. The Morgan fingerprint density at radius 3 is 0.706 bits per heavy atom. The average Bonchev–Trinajstić information content (AvgIpc) is 3.36. The molecule has 0 aromatic heterocycles. The van der Waals surface area contributed by atoms with Gasteiger partial charge in [-0.15, -0.1) is 0 Å². The van der Waals surface area contributed by atoms with Crippen molar-refractivity contribution in [1.82, 2.24) is 0 Å². The summed E-state index contributed by atoms with van der Waals surface area (Å²) >= 11 is 7.51. The topological polar surface area (TPSA) is 111 Å². The SMILES string of the molecule is c1cc2cc(c1)CSCCOCCOCCOc1ccccc1OCCOCCOCCSCc1cccc(c1)CSCCOCCOCCOc1ccccc1OCCOCCOCCSC2. The Morgan fingerprint density at radius 2 is 0.456 bits per heavy atom. The number of rotatable bonds is 0. The molecule has 0 fully saturated rings. The van der Waals surface area contributed by atoms with Crippen molar-refractivity contribution in [3.63, 3.8) is 0 Å². The lowest BCUT2D eigenvalue weighted by Gasteiger charge is -2.13. The van der Waals surface area contributed by atoms with Gasteiger partial charge in [-0.2, -0.15) is 47.0 Å². The number of benzene rings is 4. The molecule has 68 heavy (non-hydrogen) atoms. The Morgan fingerprint density at radius 1 is 0.235 bits per heavy atom. The Labute approximate surface area is 422 Å². The first-order valence-corrected chi connectivity index (χ1v) is 28.2. The van der Waals surface area contributed by atoms with E-state index in [-0.39, 0.29) is 0 Å². The largest absolute Gasteiger partial charge is 0.487 e. The van der Waals surface area contributed by atoms with E-state index >= 15 is 0 Å². The molecule has 0 N–H and O–H groups in total. The molecule has 12 nitrogen and oxygen atoms in total. The zero-order valence-corrected chi connectivity index (χ0v) is 42.8. The van der Waals surface area contributed by atoms with Crippen molar-refractivity contribution in [2.45, 2.75) is 23.0 Å². The standard InChI is InChI=1S/C52H72O12S4/c1-2-12-50-49(11-1)61-27-23-53-15-19-57-31-35-65-41-45-7-5-9-47(39-45)43-67-37-33-59-21-17-55-25-29-63-51-13-3-4-14-52(51)64-30-26-56-18-22-60-34-38-68-44-48-10-6-8-46(40-48)42-66-36-32-58-20-16-54-24-28-62-50/h1-14,39-40H,15-38,41-44H2. The van der Waals surface area contributed by atoms with Crippen LogP contribution in [0.1, 0.15) is 22.3 Å². The first-order chi connectivity index (χ1) is 33.8. The molecule has 376 valence electrons. The van der Waals surface area contributed by atoms with E-state index in [9.17, 15) is 0 Å². The normalized spacial score (nSPS) is 19.1. The molecule has 0 saturated carbocycles. The fourth-order valence-electron chi connectivity index (χ4n) is 6.36. The van der Waals surface area contributed by atoms with Gasteiger partial charge < -0.3 is 56.8 Å². The lowest BCUT2D eigenvalue weighted by molar-refractivity contribution is 0.0377. The second-order valence-corrected chi connectivity index (χ2v) is 19.5. The molecule has 4 bridgehead atoms. The van der Waals surface area contributed by atoms with E-state index in [4.69, 9.17) is 56.8 Å². The van der Waals surface area contributed by atoms with Crippen LogP contribution in [0.2, 0.25) is 0 Å². The summed E-state index contributed by atoms with van der Waals surface area (Å²) < 4.78 is 69.9. The van der Waals surface area contributed by atoms with Crippen LogP contribution < -0.4 is 18.9 Å². The fraction of sp³-hybridized carbons (Fsp3) is 0.538. The van der Waals surface area contributed by atoms with Crippen LogP contribution in [-0.2, 0) is 60.9 Å². The van der Waals surface area contributed by atoms with Crippen molar-refractivity contribution >= 4 is 47.0 Å². The molecule has 0 spiro atoms. The molecule has 4 aromatic carbocycles. The lowest BCUT2D eigenvalue weighted by Crippen LogP contribution is -2.13. The van der Waals surface area contributed by atoms with Crippen LogP contribution in [0.15, 0.2) is 97.1 Å². The van der Waals surface area contributed by atoms with Crippen LogP contribution in [0.3, 0.4) is 0 Å². The zero-order chi connectivity index (χ0) is 47.0. The maximum Gasteiger partial charge on any atom is 0.161 e. The smallest absolute Gasteiger partial charge is 0.161 e. The molecule has 1 heterocycles. The second-order valence-electron chi connectivity index (χ2n) is 15.0. The third-order valence-corrected chi connectivity index (χ3v) is 13.6. The third-order valence-electron chi connectivity index (χ3n) is 9.67. The first kappa shape index (κ1) is 56.1. The van der Waals surface area contributed by atoms with Crippen LogP contribution in [0.4, 0.5) is 0 Å². The number of ether oxygens (including phenoxy) is 12. The molecule has 0 radical (unpaired) electrons. The summed E-state index contributed by atoms with van der Waals surface area (Å²) in [6.45, 7) is 10.6. The van der Waals surface area contributed by atoms with Crippen LogP contribution in [0, 0.1) is 0 Å². The van der Waals surface area contributed by atoms with Crippen LogP contribution in [0.25, 0.3) is 0 Å². The van der Waals surface area contributed by atoms with E-state index in [1.54, 1.807) is 0 Å². The summed E-state index contributed by atoms with van der Waals surface area (Å²) in [6, 6.07) is 33.0. The predicted molar refractivity (Wildman–Crippen MR) is 279 cm³/mol. The number of hydrogen-bond donors (Lipinski definition) is 0. The van der Waals surface area contributed by atoms with Crippen LogP contribution in [-0.4, -0.2) is 155 Å². The minimum atomic E-state index is 0.423. The molecule has 1 aliphatic heterocycles. The third kappa shape index (κ3) is 26.9. The highest BCUT2D eigenvalue weighted by atomic mass is 32.2. The maximum absolute atomic E-state index is 5.95. The van der Waals surface area contributed by atoms with Gasteiger partial charge in [0, 0.05) is 46.0 Å². The Kier molecular flexibility index (Phi) is 32.0. The van der Waals surface area contributed by atoms with Crippen molar-refractivity contribution in [2.75, 3.05) is 155 Å². The van der Waals surface area contributed by atoms with Gasteiger partial charge >= 0.3 is 0 Å². The highest BCUT2D eigenvalue weighted by Gasteiger charge is 2.07. The van der Waals surface area contributed by atoms with E-state index in [2.05, 4.69) is 48.5 Å². The molecule has 0 saturated heterocycles. The van der Waals surface area contributed by atoms with Gasteiger partial charge in [-0.25, -0.2) is 0 Å². The van der Waals surface area contributed by atoms with Gasteiger partial charge in [0.05, 0.1) is 106 Å². The van der Waals surface area contributed by atoms with Gasteiger partial charge in [0.1, 0.15) is 26.4 Å².